The second kappa shape index (κ2) is 5.92. The van der Waals surface area contributed by atoms with Crippen LogP contribution in [0.2, 0.25) is 0 Å². The molecule has 0 radical (unpaired) electrons. The summed E-state index contributed by atoms with van der Waals surface area (Å²) in [6.07, 6.45) is 2.75. The van der Waals surface area contributed by atoms with E-state index in [2.05, 4.69) is 20.6 Å². The maximum absolute atomic E-state index is 11.9. The highest BCUT2D eigenvalue weighted by molar-refractivity contribution is 5.74. The lowest BCUT2D eigenvalue weighted by Crippen LogP contribution is -2.17. The molecule has 2 aromatic heterocycles. The van der Waals surface area contributed by atoms with Gasteiger partial charge in [-0.3, -0.25) is 9.25 Å². The van der Waals surface area contributed by atoms with Crippen molar-refractivity contribution in [3.8, 4) is 0 Å². The van der Waals surface area contributed by atoms with Gasteiger partial charge in [0.2, 0.25) is 0 Å². The SMILES string of the molecule is CNCc1cn(CCCn2c(=O)[nH]c3ccccc32)nn1. The molecule has 0 spiro atoms. The van der Waals surface area contributed by atoms with E-state index in [1.54, 1.807) is 4.57 Å². The summed E-state index contributed by atoms with van der Waals surface area (Å²) in [4.78, 5) is 14.8. The second-order valence-corrected chi connectivity index (χ2v) is 4.96. The van der Waals surface area contributed by atoms with Crippen LogP contribution in [-0.4, -0.2) is 31.6 Å². The van der Waals surface area contributed by atoms with Crippen LogP contribution in [0.15, 0.2) is 35.3 Å². The Labute approximate surface area is 121 Å². The van der Waals surface area contributed by atoms with Crippen LogP contribution >= 0.6 is 0 Å². The monoisotopic (exact) mass is 286 g/mol. The molecule has 3 aromatic rings. The lowest BCUT2D eigenvalue weighted by Gasteiger charge is -2.03. The number of imidazole rings is 1. The molecule has 0 aliphatic heterocycles. The quantitative estimate of drug-likeness (QED) is 0.700. The van der Waals surface area contributed by atoms with E-state index < -0.39 is 0 Å². The molecule has 0 fully saturated rings. The molecule has 0 aliphatic rings. The topological polar surface area (TPSA) is 80.5 Å². The van der Waals surface area contributed by atoms with E-state index in [1.807, 2.05) is 42.2 Å². The van der Waals surface area contributed by atoms with Crippen molar-refractivity contribution in [2.75, 3.05) is 7.05 Å². The van der Waals surface area contributed by atoms with Gasteiger partial charge in [-0.1, -0.05) is 17.3 Å². The number of nitrogens with one attached hydrogen (secondary N) is 2. The van der Waals surface area contributed by atoms with E-state index in [0.29, 0.717) is 13.1 Å². The van der Waals surface area contributed by atoms with Crippen molar-refractivity contribution in [3.63, 3.8) is 0 Å². The summed E-state index contributed by atoms with van der Waals surface area (Å²) in [5.41, 5.74) is 2.67. The Hall–Kier alpha value is -2.41. The van der Waals surface area contributed by atoms with Crippen LogP contribution < -0.4 is 11.0 Å². The first-order chi connectivity index (χ1) is 10.3. The number of aromatic amines is 1. The maximum Gasteiger partial charge on any atom is 0.326 e. The summed E-state index contributed by atoms with van der Waals surface area (Å²) < 4.78 is 3.58. The van der Waals surface area contributed by atoms with Gasteiger partial charge in [0.05, 0.1) is 16.7 Å². The van der Waals surface area contributed by atoms with Crippen LogP contribution in [0.5, 0.6) is 0 Å². The number of hydrogen-bond acceptors (Lipinski definition) is 4. The van der Waals surface area contributed by atoms with Crippen molar-refractivity contribution >= 4 is 11.0 Å². The van der Waals surface area contributed by atoms with Gasteiger partial charge in [0, 0.05) is 25.8 Å². The number of nitrogens with zero attached hydrogens (tertiary/aromatic N) is 4. The third-order valence-electron chi connectivity index (χ3n) is 3.39. The largest absolute Gasteiger partial charge is 0.326 e. The molecule has 7 nitrogen and oxygen atoms in total. The fourth-order valence-corrected chi connectivity index (χ4v) is 2.43. The van der Waals surface area contributed by atoms with Crippen molar-refractivity contribution in [2.45, 2.75) is 26.1 Å². The number of aromatic nitrogens is 5. The smallest absolute Gasteiger partial charge is 0.314 e. The van der Waals surface area contributed by atoms with Crippen LogP contribution in [0.1, 0.15) is 12.1 Å². The molecule has 0 saturated carbocycles. The van der Waals surface area contributed by atoms with Crippen molar-refractivity contribution in [1.29, 1.82) is 0 Å². The normalized spacial score (nSPS) is 11.3. The van der Waals surface area contributed by atoms with Gasteiger partial charge in [0.15, 0.2) is 0 Å². The highest BCUT2D eigenvalue weighted by Gasteiger charge is 2.06. The highest BCUT2D eigenvalue weighted by atomic mass is 16.1. The Kier molecular flexibility index (Phi) is 3.83. The number of aryl methyl sites for hydroxylation is 2. The van der Waals surface area contributed by atoms with Crippen LogP contribution in [0.25, 0.3) is 11.0 Å². The van der Waals surface area contributed by atoms with E-state index in [1.165, 1.54) is 0 Å². The Morgan fingerprint density at radius 2 is 2.14 bits per heavy atom. The molecule has 21 heavy (non-hydrogen) atoms. The number of hydrogen-bond donors (Lipinski definition) is 2. The van der Waals surface area contributed by atoms with Crippen molar-refractivity contribution in [2.24, 2.45) is 0 Å². The molecule has 0 bridgehead atoms. The molecule has 110 valence electrons. The molecule has 0 aliphatic carbocycles. The standard InChI is InChI=1S/C14H18N6O/c1-15-9-11-10-19(18-17-11)7-4-8-20-13-6-3-2-5-12(13)16-14(20)21/h2-3,5-6,10,15H,4,7-9H2,1H3,(H,16,21). The summed E-state index contributed by atoms with van der Waals surface area (Å²) >= 11 is 0. The number of benzene rings is 1. The third kappa shape index (κ3) is 2.87. The Bertz CT molecular complexity index is 784. The minimum absolute atomic E-state index is 0.0642. The average Bonchev–Trinajstić information content (AvgIpc) is 3.05. The summed E-state index contributed by atoms with van der Waals surface area (Å²) in [7, 11) is 1.88. The van der Waals surface area contributed by atoms with Gasteiger partial charge in [-0.05, 0) is 25.6 Å². The molecule has 0 atom stereocenters. The zero-order chi connectivity index (χ0) is 14.7. The zero-order valence-corrected chi connectivity index (χ0v) is 11.9. The van der Waals surface area contributed by atoms with Gasteiger partial charge >= 0.3 is 5.69 Å². The van der Waals surface area contributed by atoms with Crippen LogP contribution in [0.3, 0.4) is 0 Å². The van der Waals surface area contributed by atoms with Crippen LogP contribution in [-0.2, 0) is 19.6 Å². The lowest BCUT2D eigenvalue weighted by molar-refractivity contribution is 0.514. The minimum atomic E-state index is -0.0642. The van der Waals surface area contributed by atoms with Gasteiger partial charge in [0.25, 0.3) is 0 Å². The van der Waals surface area contributed by atoms with Crippen LogP contribution in [0, 0.1) is 0 Å². The summed E-state index contributed by atoms with van der Waals surface area (Å²) in [6, 6.07) is 7.72. The molecule has 7 heteroatoms. The molecule has 2 N–H and O–H groups in total. The first kappa shape index (κ1) is 13.6. The lowest BCUT2D eigenvalue weighted by atomic mass is 10.3. The van der Waals surface area contributed by atoms with Gasteiger partial charge in [-0.25, -0.2) is 4.79 Å². The van der Waals surface area contributed by atoms with E-state index in [4.69, 9.17) is 0 Å². The molecule has 0 unspecified atom stereocenters. The number of para-hydroxylation sites is 2. The fourth-order valence-electron chi connectivity index (χ4n) is 2.43. The minimum Gasteiger partial charge on any atom is -0.314 e. The van der Waals surface area contributed by atoms with Crippen molar-refractivity contribution < 1.29 is 0 Å². The van der Waals surface area contributed by atoms with Gasteiger partial charge in [-0.2, -0.15) is 0 Å². The van der Waals surface area contributed by atoms with E-state index >= 15 is 0 Å². The third-order valence-corrected chi connectivity index (χ3v) is 3.39. The second-order valence-electron chi connectivity index (χ2n) is 4.96. The molecular formula is C14H18N6O. The molecular weight excluding hydrogens is 268 g/mol. The number of fused-ring (bicyclic) bond motifs is 1. The number of H-pyrrole nitrogens is 1. The first-order valence-corrected chi connectivity index (χ1v) is 6.99. The Balaban J connectivity index is 1.66. The van der Waals surface area contributed by atoms with Gasteiger partial charge in [-0.15, -0.1) is 5.10 Å². The van der Waals surface area contributed by atoms with Crippen LogP contribution in [0.4, 0.5) is 0 Å². The Morgan fingerprint density at radius 1 is 1.29 bits per heavy atom. The first-order valence-electron chi connectivity index (χ1n) is 6.99. The van der Waals surface area contributed by atoms with Crippen molar-refractivity contribution in [1.82, 2.24) is 29.9 Å². The van der Waals surface area contributed by atoms with Gasteiger partial charge < -0.3 is 10.3 Å². The summed E-state index contributed by atoms with van der Waals surface area (Å²) in [5, 5.41) is 11.2. The van der Waals surface area contributed by atoms with E-state index in [0.717, 1.165) is 29.7 Å². The zero-order valence-electron chi connectivity index (χ0n) is 11.9. The molecule has 0 amide bonds. The Morgan fingerprint density at radius 3 is 3.00 bits per heavy atom. The molecule has 0 saturated heterocycles. The predicted molar refractivity (Wildman–Crippen MR) is 80.0 cm³/mol. The van der Waals surface area contributed by atoms with Crippen molar-refractivity contribution in [3.05, 3.63) is 46.6 Å². The highest BCUT2D eigenvalue weighted by Crippen LogP contribution is 2.09. The predicted octanol–water partition coefficient (Wildman–Crippen LogP) is 0.731. The summed E-state index contributed by atoms with van der Waals surface area (Å²) in [5.74, 6) is 0. The number of rotatable bonds is 6. The fraction of sp³-hybridized carbons (Fsp3) is 0.357. The summed E-state index contributed by atoms with van der Waals surface area (Å²) in [6.45, 7) is 2.11. The maximum atomic E-state index is 11.9. The van der Waals surface area contributed by atoms with Gasteiger partial charge in [0.1, 0.15) is 0 Å². The molecule has 3 rings (SSSR count). The molecule has 1 aromatic carbocycles. The molecule has 2 heterocycles. The van der Waals surface area contributed by atoms with E-state index in [9.17, 15) is 4.79 Å². The average molecular weight is 286 g/mol. The van der Waals surface area contributed by atoms with E-state index in [-0.39, 0.29) is 5.69 Å².